The third kappa shape index (κ3) is 9.35. The first-order valence-corrected chi connectivity index (χ1v) is 20.7. The number of pyridine rings is 1. The molecule has 0 spiro atoms. The summed E-state index contributed by atoms with van der Waals surface area (Å²) in [5.74, 6) is 0.850. The second-order valence-electron chi connectivity index (χ2n) is 15.0. The van der Waals surface area contributed by atoms with Crippen LogP contribution in [0, 0.1) is 12.7 Å². The maximum absolute atomic E-state index is 14.2. The van der Waals surface area contributed by atoms with Gasteiger partial charge in [-0.25, -0.2) is 24.1 Å². The van der Waals surface area contributed by atoms with Crippen LogP contribution >= 0.6 is 11.6 Å². The standard InChI is InChI=1S/C48H46ClFN6O6/c1-31-36(19-20-40(44(31)49)60-28-27-55-25-23-54(2)24-26-55)46-45(32-15-17-34(50)18-16-32)53-42-13-8-14-43(56(42)46)62-41(48(57)58)29-33-9-4-6-11-38(33)61-30-35-21-22-51-47(52-35)37-10-5-7-12-39(37)59-3/h4-22,41H,23-30H2,1-3H3,(H,57,58). The van der Waals surface area contributed by atoms with Crippen molar-refractivity contribution >= 4 is 23.2 Å². The molecule has 12 nitrogen and oxygen atoms in total. The first-order valence-electron chi connectivity index (χ1n) is 20.3. The van der Waals surface area contributed by atoms with E-state index in [0.29, 0.717) is 74.1 Å². The van der Waals surface area contributed by atoms with Crippen molar-refractivity contribution in [3.05, 3.63) is 143 Å². The zero-order valence-corrected chi connectivity index (χ0v) is 35.4. The van der Waals surface area contributed by atoms with Gasteiger partial charge in [0.1, 0.15) is 41.9 Å². The molecule has 3 aromatic heterocycles. The highest BCUT2D eigenvalue weighted by Gasteiger charge is 2.27. The maximum atomic E-state index is 14.2. The summed E-state index contributed by atoms with van der Waals surface area (Å²) >= 11 is 7.05. The molecule has 62 heavy (non-hydrogen) atoms. The van der Waals surface area contributed by atoms with Gasteiger partial charge in [-0.1, -0.05) is 48.0 Å². The molecule has 1 unspecified atom stereocenters. The number of benzene rings is 4. The van der Waals surface area contributed by atoms with Crippen LogP contribution in [-0.4, -0.2) is 99.8 Å². The molecular formula is C48H46ClFN6O6. The van der Waals surface area contributed by atoms with E-state index in [4.69, 9.17) is 40.5 Å². The van der Waals surface area contributed by atoms with Crippen molar-refractivity contribution in [2.24, 2.45) is 0 Å². The Hall–Kier alpha value is -6.54. The molecule has 1 fully saturated rings. The number of hydrogen-bond donors (Lipinski definition) is 1. The molecule has 7 aromatic rings. The topological polar surface area (TPSA) is 124 Å². The molecule has 1 aliphatic heterocycles. The number of fused-ring (bicyclic) bond motifs is 1. The maximum Gasteiger partial charge on any atom is 0.345 e. The predicted octanol–water partition coefficient (Wildman–Crippen LogP) is 8.51. The summed E-state index contributed by atoms with van der Waals surface area (Å²) in [6.07, 6.45) is 0.290. The summed E-state index contributed by atoms with van der Waals surface area (Å²) in [7, 11) is 3.72. The molecule has 0 bridgehead atoms. The van der Waals surface area contributed by atoms with Crippen LogP contribution in [0.1, 0.15) is 16.8 Å². The SMILES string of the molecule is COc1ccccc1-c1nccc(COc2ccccc2CC(Oc2cccc3nc(-c4ccc(F)cc4)c(-c4ccc(OCCN5CCN(C)CC5)c(Cl)c4C)n23)C(=O)O)n1. The summed E-state index contributed by atoms with van der Waals surface area (Å²) in [4.78, 5) is 31.8. The molecule has 0 saturated carbocycles. The average Bonchev–Trinajstić information content (AvgIpc) is 3.68. The molecule has 0 radical (unpaired) electrons. The number of carboxylic acids is 1. The number of rotatable bonds is 16. The number of imidazole rings is 1. The van der Waals surface area contributed by atoms with Crippen molar-refractivity contribution in [1.29, 1.82) is 0 Å². The fourth-order valence-corrected chi connectivity index (χ4v) is 7.74. The number of aromatic nitrogens is 4. The molecule has 4 heterocycles. The molecule has 1 saturated heterocycles. The van der Waals surface area contributed by atoms with Gasteiger partial charge in [0.2, 0.25) is 12.0 Å². The van der Waals surface area contributed by atoms with Gasteiger partial charge in [-0.05, 0) is 97.9 Å². The van der Waals surface area contributed by atoms with Crippen molar-refractivity contribution in [2.75, 3.05) is 53.5 Å². The Bertz CT molecular complexity index is 2690. The number of piperazine rings is 1. The lowest BCUT2D eigenvalue weighted by atomic mass is 10.0. The lowest BCUT2D eigenvalue weighted by Gasteiger charge is -2.32. The van der Waals surface area contributed by atoms with Gasteiger partial charge in [0.25, 0.3) is 0 Å². The monoisotopic (exact) mass is 856 g/mol. The van der Waals surface area contributed by atoms with Gasteiger partial charge in [0.05, 0.1) is 34.8 Å². The van der Waals surface area contributed by atoms with Crippen molar-refractivity contribution in [3.8, 4) is 57.0 Å². The van der Waals surface area contributed by atoms with E-state index in [1.807, 2.05) is 67.6 Å². The third-order valence-corrected chi connectivity index (χ3v) is 11.4. The minimum atomic E-state index is -1.34. The summed E-state index contributed by atoms with van der Waals surface area (Å²) in [5.41, 5.74) is 5.70. The molecule has 4 aromatic carbocycles. The van der Waals surface area contributed by atoms with Crippen LogP contribution < -0.4 is 18.9 Å². The van der Waals surface area contributed by atoms with E-state index in [1.54, 1.807) is 54.1 Å². The molecule has 1 atom stereocenters. The van der Waals surface area contributed by atoms with Crippen molar-refractivity contribution in [1.82, 2.24) is 29.2 Å². The van der Waals surface area contributed by atoms with Gasteiger partial charge in [-0.15, -0.1) is 0 Å². The number of para-hydroxylation sites is 2. The number of aliphatic carboxylic acids is 1. The van der Waals surface area contributed by atoms with Crippen LogP contribution in [0.5, 0.6) is 23.1 Å². The normalized spacial score (nSPS) is 13.8. The fraction of sp³-hybridized carbons (Fsp3) is 0.250. The Labute approximate surface area is 364 Å². The summed E-state index contributed by atoms with van der Waals surface area (Å²) in [6.45, 7) is 7.26. The van der Waals surface area contributed by atoms with Gasteiger partial charge in [-0.2, -0.15) is 0 Å². The molecule has 14 heteroatoms. The lowest BCUT2D eigenvalue weighted by molar-refractivity contribution is -0.145. The second-order valence-corrected chi connectivity index (χ2v) is 15.4. The highest BCUT2D eigenvalue weighted by Crippen LogP contribution is 2.41. The van der Waals surface area contributed by atoms with E-state index < -0.39 is 12.1 Å². The van der Waals surface area contributed by atoms with Crippen molar-refractivity contribution in [3.63, 3.8) is 0 Å². The van der Waals surface area contributed by atoms with Crippen LogP contribution in [-0.2, 0) is 17.8 Å². The van der Waals surface area contributed by atoms with Gasteiger partial charge >= 0.3 is 5.97 Å². The first-order chi connectivity index (χ1) is 30.2. The van der Waals surface area contributed by atoms with Gasteiger partial charge < -0.3 is 29.0 Å². The fourth-order valence-electron chi connectivity index (χ4n) is 7.52. The van der Waals surface area contributed by atoms with Crippen molar-refractivity contribution in [2.45, 2.75) is 26.1 Å². The molecule has 0 aliphatic carbocycles. The number of nitrogens with zero attached hydrogens (tertiary/aromatic N) is 6. The quantitative estimate of drug-likeness (QED) is 0.101. The number of carbonyl (C=O) groups is 1. The smallest absolute Gasteiger partial charge is 0.345 e. The van der Waals surface area contributed by atoms with Crippen LogP contribution in [0.15, 0.2) is 115 Å². The van der Waals surface area contributed by atoms with Crippen LogP contribution in [0.3, 0.4) is 0 Å². The van der Waals surface area contributed by atoms with Crippen molar-refractivity contribution < 1.29 is 33.2 Å². The molecule has 0 amide bonds. The molecule has 1 aliphatic rings. The number of likely N-dealkylation sites (N-methyl/N-ethyl adjacent to an activating group) is 1. The van der Waals surface area contributed by atoms with Gasteiger partial charge in [0, 0.05) is 56.5 Å². The first kappa shape index (κ1) is 42.2. The Morgan fingerprint density at radius 1 is 0.839 bits per heavy atom. The van der Waals surface area contributed by atoms with E-state index in [-0.39, 0.29) is 24.7 Å². The van der Waals surface area contributed by atoms with E-state index >= 15 is 0 Å². The largest absolute Gasteiger partial charge is 0.496 e. The van der Waals surface area contributed by atoms with Gasteiger partial charge in [0.15, 0.2) is 5.82 Å². The molecule has 1 N–H and O–H groups in total. The zero-order chi connectivity index (χ0) is 43.2. The molecule has 318 valence electrons. The van der Waals surface area contributed by atoms with Crippen LogP contribution in [0.2, 0.25) is 5.02 Å². The summed E-state index contributed by atoms with van der Waals surface area (Å²) < 4.78 is 40.4. The van der Waals surface area contributed by atoms with E-state index in [9.17, 15) is 14.3 Å². The second kappa shape index (κ2) is 19.0. The van der Waals surface area contributed by atoms with E-state index in [2.05, 4.69) is 21.8 Å². The Kier molecular flexibility index (Phi) is 12.9. The number of ether oxygens (including phenoxy) is 4. The van der Waals surface area contributed by atoms with Crippen LogP contribution in [0.25, 0.3) is 39.5 Å². The summed E-state index contributed by atoms with van der Waals surface area (Å²) in [6, 6.07) is 31.6. The number of carboxylic acid groups (broad SMARTS) is 1. The van der Waals surface area contributed by atoms with E-state index in [1.165, 1.54) is 12.1 Å². The summed E-state index contributed by atoms with van der Waals surface area (Å²) in [5, 5.41) is 11.1. The zero-order valence-electron chi connectivity index (χ0n) is 34.6. The number of halogens is 2. The van der Waals surface area contributed by atoms with Gasteiger partial charge in [-0.3, -0.25) is 9.30 Å². The Balaban J connectivity index is 1.08. The van der Waals surface area contributed by atoms with E-state index in [0.717, 1.165) is 43.9 Å². The lowest BCUT2D eigenvalue weighted by Crippen LogP contribution is -2.45. The highest BCUT2D eigenvalue weighted by molar-refractivity contribution is 6.33. The Morgan fingerprint density at radius 2 is 1.60 bits per heavy atom. The third-order valence-electron chi connectivity index (χ3n) is 10.9. The number of methoxy groups -OCH3 is 1. The highest BCUT2D eigenvalue weighted by atomic mass is 35.5. The predicted molar refractivity (Wildman–Crippen MR) is 236 cm³/mol. The Morgan fingerprint density at radius 3 is 2.37 bits per heavy atom. The molecule has 8 rings (SSSR count). The minimum Gasteiger partial charge on any atom is -0.496 e. The number of hydrogen-bond acceptors (Lipinski definition) is 10. The van der Waals surface area contributed by atoms with Crippen LogP contribution in [0.4, 0.5) is 4.39 Å². The molecular weight excluding hydrogens is 811 g/mol. The minimum absolute atomic E-state index is 0.0298. The average molecular weight is 857 g/mol.